The van der Waals surface area contributed by atoms with E-state index < -0.39 is 0 Å². The fourth-order valence-corrected chi connectivity index (χ4v) is 3.39. The number of para-hydroxylation sites is 1. The van der Waals surface area contributed by atoms with Crippen molar-refractivity contribution < 1.29 is 4.39 Å². The lowest BCUT2D eigenvalue weighted by molar-refractivity contribution is 0.617. The lowest BCUT2D eigenvalue weighted by Gasteiger charge is -2.23. The lowest BCUT2D eigenvalue weighted by Crippen LogP contribution is -2.23. The fraction of sp³-hybridized carbons (Fsp3) is 0.333. The summed E-state index contributed by atoms with van der Waals surface area (Å²) in [5.74, 6) is -0.215. The first kappa shape index (κ1) is 15.3. The highest BCUT2D eigenvalue weighted by Gasteiger charge is 2.15. The molecule has 1 atom stereocenters. The van der Waals surface area contributed by atoms with Gasteiger partial charge in [-0.1, -0.05) is 23.7 Å². The van der Waals surface area contributed by atoms with Crippen molar-refractivity contribution in [3.63, 3.8) is 0 Å². The molecule has 1 heterocycles. The Morgan fingerprint density at radius 3 is 2.70 bits per heavy atom. The number of halogens is 2. The topological polar surface area (TPSA) is 29.3 Å². The fourth-order valence-electron chi connectivity index (χ4n) is 2.25. The first-order valence-corrected chi connectivity index (χ1v) is 7.65. The molecule has 0 aliphatic heterocycles. The summed E-state index contributed by atoms with van der Waals surface area (Å²) in [7, 11) is 1.89. The van der Waals surface area contributed by atoms with Gasteiger partial charge in [-0.15, -0.1) is 11.3 Å². The molecule has 1 aromatic carbocycles. The van der Waals surface area contributed by atoms with Crippen molar-refractivity contribution in [2.45, 2.75) is 25.9 Å². The highest BCUT2D eigenvalue weighted by Crippen LogP contribution is 2.28. The Bertz CT molecular complexity index is 583. The largest absolute Gasteiger partial charge is 0.367 e. The van der Waals surface area contributed by atoms with Crippen LogP contribution in [-0.4, -0.2) is 13.1 Å². The number of benzene rings is 1. The lowest BCUT2D eigenvalue weighted by atomic mass is 10.0. The Balaban J connectivity index is 2.25. The maximum absolute atomic E-state index is 14.2. The van der Waals surface area contributed by atoms with E-state index in [1.54, 1.807) is 6.07 Å². The molecule has 108 valence electrons. The van der Waals surface area contributed by atoms with E-state index in [0.29, 0.717) is 18.7 Å². The molecule has 0 aliphatic rings. The van der Waals surface area contributed by atoms with Crippen molar-refractivity contribution >= 4 is 28.6 Å². The van der Waals surface area contributed by atoms with Gasteiger partial charge in [0.1, 0.15) is 5.82 Å². The van der Waals surface area contributed by atoms with Crippen LogP contribution in [0.5, 0.6) is 0 Å². The van der Waals surface area contributed by atoms with Crippen LogP contribution < -0.4 is 10.6 Å². The van der Waals surface area contributed by atoms with Gasteiger partial charge in [0.25, 0.3) is 0 Å². The summed E-state index contributed by atoms with van der Waals surface area (Å²) in [5, 5.41) is 0. The van der Waals surface area contributed by atoms with E-state index >= 15 is 0 Å². The molecule has 0 aliphatic carbocycles. The average Bonchev–Trinajstić information content (AvgIpc) is 2.73. The quantitative estimate of drug-likeness (QED) is 0.902. The van der Waals surface area contributed by atoms with E-state index in [4.69, 9.17) is 17.3 Å². The zero-order chi connectivity index (χ0) is 14.7. The van der Waals surface area contributed by atoms with E-state index in [9.17, 15) is 4.39 Å². The molecule has 2 N–H and O–H groups in total. The SMILES string of the molecule is CC(N)Cc1cccc(F)c1N(C)Cc1ccc(Cl)s1. The molecule has 2 rings (SSSR count). The molecule has 0 spiro atoms. The highest BCUT2D eigenvalue weighted by molar-refractivity contribution is 7.16. The van der Waals surface area contributed by atoms with Gasteiger partial charge in [0.15, 0.2) is 0 Å². The Morgan fingerprint density at radius 1 is 1.35 bits per heavy atom. The third-order valence-corrected chi connectivity index (χ3v) is 4.23. The summed E-state index contributed by atoms with van der Waals surface area (Å²) in [6.45, 7) is 2.55. The maximum Gasteiger partial charge on any atom is 0.146 e. The molecule has 20 heavy (non-hydrogen) atoms. The minimum absolute atomic E-state index is 0.000122. The predicted molar refractivity (Wildman–Crippen MR) is 85.2 cm³/mol. The smallest absolute Gasteiger partial charge is 0.146 e. The van der Waals surface area contributed by atoms with E-state index in [-0.39, 0.29) is 11.9 Å². The molecular weight excluding hydrogens is 295 g/mol. The van der Waals surface area contributed by atoms with Crippen LogP contribution in [-0.2, 0) is 13.0 Å². The standard InChI is InChI=1S/C15H18ClFN2S/c1-10(18)8-11-4-3-5-13(17)15(11)19(2)9-12-6-7-14(16)20-12/h3-7,10H,8-9,18H2,1-2H3. The van der Waals surface area contributed by atoms with Crippen LogP contribution in [0.25, 0.3) is 0 Å². The Labute approximate surface area is 128 Å². The Kier molecular flexibility index (Phi) is 5.02. The first-order chi connectivity index (χ1) is 9.47. The first-order valence-electron chi connectivity index (χ1n) is 6.45. The molecule has 0 amide bonds. The van der Waals surface area contributed by atoms with Crippen LogP contribution in [0.3, 0.4) is 0 Å². The number of anilines is 1. The minimum atomic E-state index is -0.215. The number of thiophene rings is 1. The molecule has 2 nitrogen and oxygen atoms in total. The number of rotatable bonds is 5. The van der Waals surface area contributed by atoms with Crippen LogP contribution in [0.4, 0.5) is 10.1 Å². The molecule has 1 aromatic heterocycles. The van der Waals surface area contributed by atoms with Gasteiger partial charge >= 0.3 is 0 Å². The van der Waals surface area contributed by atoms with Gasteiger partial charge in [0, 0.05) is 18.0 Å². The molecule has 0 saturated carbocycles. The van der Waals surface area contributed by atoms with E-state index in [2.05, 4.69) is 0 Å². The molecule has 0 bridgehead atoms. The van der Waals surface area contributed by atoms with Gasteiger partial charge in [-0.2, -0.15) is 0 Å². The summed E-state index contributed by atoms with van der Waals surface area (Å²) < 4.78 is 14.9. The normalized spacial score (nSPS) is 12.4. The number of hydrogen-bond acceptors (Lipinski definition) is 3. The summed E-state index contributed by atoms with van der Waals surface area (Å²) in [6.07, 6.45) is 0.655. The van der Waals surface area contributed by atoms with Crippen molar-refractivity contribution in [3.8, 4) is 0 Å². The van der Waals surface area contributed by atoms with Crippen LogP contribution in [0.15, 0.2) is 30.3 Å². The van der Waals surface area contributed by atoms with Gasteiger partial charge < -0.3 is 10.6 Å². The maximum atomic E-state index is 14.2. The number of hydrogen-bond donors (Lipinski definition) is 1. The summed E-state index contributed by atoms with van der Waals surface area (Å²) in [6, 6.07) is 8.97. The third kappa shape index (κ3) is 3.72. The molecule has 5 heteroatoms. The van der Waals surface area contributed by atoms with Crippen LogP contribution in [0.2, 0.25) is 4.34 Å². The van der Waals surface area contributed by atoms with Crippen LogP contribution in [0, 0.1) is 5.82 Å². The summed E-state index contributed by atoms with van der Waals surface area (Å²) in [5.41, 5.74) is 7.40. The monoisotopic (exact) mass is 312 g/mol. The van der Waals surface area contributed by atoms with Gasteiger partial charge in [-0.25, -0.2) is 4.39 Å². The average molecular weight is 313 g/mol. The second-order valence-electron chi connectivity index (χ2n) is 4.99. The predicted octanol–water partition coefficient (Wildman–Crippen LogP) is 4.07. The number of nitrogens with zero attached hydrogens (tertiary/aromatic N) is 1. The van der Waals surface area contributed by atoms with E-state index in [1.807, 2.05) is 37.1 Å². The van der Waals surface area contributed by atoms with Crippen molar-refractivity contribution in [1.29, 1.82) is 0 Å². The van der Waals surface area contributed by atoms with Gasteiger partial charge in [-0.3, -0.25) is 0 Å². The third-order valence-electron chi connectivity index (χ3n) is 3.02. The molecule has 1 unspecified atom stereocenters. The van der Waals surface area contributed by atoms with Crippen LogP contribution in [0.1, 0.15) is 17.4 Å². The molecule has 2 aromatic rings. The summed E-state index contributed by atoms with van der Waals surface area (Å²) in [4.78, 5) is 3.02. The molecule has 0 fully saturated rings. The highest BCUT2D eigenvalue weighted by atomic mass is 35.5. The Hall–Kier alpha value is -1.10. The van der Waals surface area contributed by atoms with Crippen molar-refractivity contribution in [2.24, 2.45) is 5.73 Å². The summed E-state index contributed by atoms with van der Waals surface area (Å²) >= 11 is 7.44. The van der Waals surface area contributed by atoms with Gasteiger partial charge in [0.2, 0.25) is 0 Å². The second kappa shape index (κ2) is 6.57. The zero-order valence-corrected chi connectivity index (χ0v) is 13.1. The van der Waals surface area contributed by atoms with Crippen molar-refractivity contribution in [2.75, 3.05) is 11.9 Å². The van der Waals surface area contributed by atoms with Gasteiger partial charge in [0.05, 0.1) is 16.6 Å². The Morgan fingerprint density at radius 2 is 2.10 bits per heavy atom. The molecule has 0 radical (unpaired) electrons. The zero-order valence-electron chi connectivity index (χ0n) is 11.6. The molecular formula is C15H18ClFN2S. The van der Waals surface area contributed by atoms with Crippen molar-refractivity contribution in [1.82, 2.24) is 0 Å². The van der Waals surface area contributed by atoms with Crippen LogP contribution >= 0.6 is 22.9 Å². The van der Waals surface area contributed by atoms with E-state index in [0.717, 1.165) is 14.8 Å². The molecule has 0 saturated heterocycles. The van der Waals surface area contributed by atoms with E-state index in [1.165, 1.54) is 17.4 Å². The number of nitrogens with two attached hydrogens (primary N) is 1. The minimum Gasteiger partial charge on any atom is -0.367 e. The van der Waals surface area contributed by atoms with Gasteiger partial charge in [-0.05, 0) is 37.1 Å². The second-order valence-corrected chi connectivity index (χ2v) is 6.79. The van der Waals surface area contributed by atoms with Crippen molar-refractivity contribution in [3.05, 3.63) is 50.9 Å².